The number of rotatable bonds is 2. The van der Waals surface area contributed by atoms with Gasteiger partial charge in [-0.15, -0.1) is 0 Å². The van der Waals surface area contributed by atoms with Crippen LogP contribution in [0.3, 0.4) is 0 Å². The van der Waals surface area contributed by atoms with E-state index in [1.165, 1.54) is 0 Å². The maximum atomic E-state index is 5.18. The lowest BCUT2D eigenvalue weighted by molar-refractivity contribution is 0.326. The third-order valence-corrected chi connectivity index (χ3v) is 1.20. The van der Waals surface area contributed by atoms with Crippen LogP contribution in [0.25, 0.3) is 0 Å². The predicted molar refractivity (Wildman–Crippen MR) is 38.7 cm³/mol. The largest absolute Gasteiger partial charge is 0.477 e. The molecule has 10 heavy (non-hydrogen) atoms. The van der Waals surface area contributed by atoms with Gasteiger partial charge in [0, 0.05) is 6.20 Å². The Labute approximate surface area is 59.8 Å². The van der Waals surface area contributed by atoms with Crippen molar-refractivity contribution < 1.29 is 4.74 Å². The van der Waals surface area contributed by atoms with Crippen molar-refractivity contribution in [3.05, 3.63) is 24.0 Å². The van der Waals surface area contributed by atoms with Crippen molar-refractivity contribution in [3.63, 3.8) is 0 Å². The molecule has 1 aromatic rings. The van der Waals surface area contributed by atoms with Crippen LogP contribution in [0, 0.1) is 6.92 Å². The van der Waals surface area contributed by atoms with Gasteiger partial charge in [0.15, 0.2) is 0 Å². The molecule has 0 unspecified atom stereocenters. The molecule has 0 bridgehead atoms. The van der Waals surface area contributed by atoms with Gasteiger partial charge in [0.05, 0.1) is 5.69 Å². The molecule has 0 spiro atoms. The fraction of sp³-hybridized carbons (Fsp3) is 0.286. The molecule has 0 fully saturated rings. The summed E-state index contributed by atoms with van der Waals surface area (Å²) in [6, 6.07) is 3.66. The average molecular weight is 138 g/mol. The van der Waals surface area contributed by atoms with Gasteiger partial charge in [0.1, 0.15) is 12.5 Å². The van der Waals surface area contributed by atoms with Crippen molar-refractivity contribution in [2.24, 2.45) is 5.73 Å². The summed E-state index contributed by atoms with van der Waals surface area (Å²) >= 11 is 0. The van der Waals surface area contributed by atoms with E-state index < -0.39 is 0 Å². The van der Waals surface area contributed by atoms with E-state index in [0.29, 0.717) is 0 Å². The highest BCUT2D eigenvalue weighted by molar-refractivity contribution is 5.24. The summed E-state index contributed by atoms with van der Waals surface area (Å²) in [6.45, 7) is 2.08. The summed E-state index contributed by atoms with van der Waals surface area (Å²) in [5.74, 6) is 0.755. The number of hydrogen-bond acceptors (Lipinski definition) is 3. The summed E-state index contributed by atoms with van der Waals surface area (Å²) in [5.41, 5.74) is 6.05. The maximum absolute atomic E-state index is 5.18. The first kappa shape index (κ1) is 7.02. The summed E-state index contributed by atoms with van der Waals surface area (Å²) in [6.07, 6.45) is 1.72. The molecular weight excluding hydrogens is 128 g/mol. The van der Waals surface area contributed by atoms with Gasteiger partial charge in [0.2, 0.25) is 0 Å². The quantitative estimate of drug-likeness (QED) is 0.611. The van der Waals surface area contributed by atoms with Crippen LogP contribution >= 0.6 is 0 Å². The van der Waals surface area contributed by atoms with Gasteiger partial charge in [-0.25, -0.2) is 0 Å². The van der Waals surface area contributed by atoms with Gasteiger partial charge < -0.3 is 4.74 Å². The van der Waals surface area contributed by atoms with Crippen molar-refractivity contribution in [1.29, 1.82) is 0 Å². The summed E-state index contributed by atoms with van der Waals surface area (Å²) in [4.78, 5) is 4.02. The van der Waals surface area contributed by atoms with Gasteiger partial charge in [-0.2, -0.15) is 0 Å². The minimum Gasteiger partial charge on any atom is -0.477 e. The Morgan fingerprint density at radius 1 is 1.70 bits per heavy atom. The zero-order chi connectivity index (χ0) is 7.40. The topological polar surface area (TPSA) is 48.1 Å². The second-order valence-electron chi connectivity index (χ2n) is 1.90. The molecule has 0 saturated heterocycles. The molecule has 0 saturated carbocycles. The number of aryl methyl sites for hydroxylation is 1. The Morgan fingerprint density at radius 3 is 3.10 bits per heavy atom. The second-order valence-corrected chi connectivity index (χ2v) is 1.90. The van der Waals surface area contributed by atoms with E-state index in [1.54, 1.807) is 6.20 Å². The van der Waals surface area contributed by atoms with E-state index >= 15 is 0 Å². The maximum Gasteiger partial charge on any atom is 0.142 e. The number of pyridine rings is 1. The fourth-order valence-electron chi connectivity index (χ4n) is 0.712. The van der Waals surface area contributed by atoms with E-state index in [4.69, 9.17) is 10.5 Å². The van der Waals surface area contributed by atoms with Crippen LogP contribution in [0.4, 0.5) is 0 Å². The molecule has 1 aromatic heterocycles. The molecule has 3 heteroatoms. The molecular formula is C7H10N2O. The lowest BCUT2D eigenvalue weighted by Gasteiger charge is -2.03. The van der Waals surface area contributed by atoms with E-state index in [9.17, 15) is 0 Å². The highest BCUT2D eigenvalue weighted by Gasteiger charge is 1.94. The molecule has 0 aliphatic carbocycles. The van der Waals surface area contributed by atoms with E-state index in [2.05, 4.69) is 4.98 Å². The number of nitrogens with zero attached hydrogens (tertiary/aromatic N) is 1. The van der Waals surface area contributed by atoms with Crippen molar-refractivity contribution >= 4 is 0 Å². The Hall–Kier alpha value is -1.09. The Kier molecular flexibility index (Phi) is 2.23. The van der Waals surface area contributed by atoms with E-state index in [-0.39, 0.29) is 6.73 Å². The molecule has 2 N–H and O–H groups in total. The Balaban J connectivity index is 2.81. The number of aromatic nitrogens is 1. The molecule has 0 amide bonds. The smallest absolute Gasteiger partial charge is 0.142 e. The SMILES string of the molecule is Cc1ncccc1OCN. The van der Waals surface area contributed by atoms with Gasteiger partial charge in [-0.3, -0.25) is 10.7 Å². The molecule has 0 aromatic carbocycles. The molecule has 0 atom stereocenters. The normalized spacial score (nSPS) is 9.40. The van der Waals surface area contributed by atoms with Gasteiger partial charge in [-0.1, -0.05) is 0 Å². The Morgan fingerprint density at radius 2 is 2.50 bits per heavy atom. The van der Waals surface area contributed by atoms with Gasteiger partial charge >= 0.3 is 0 Å². The lowest BCUT2D eigenvalue weighted by Crippen LogP contribution is -2.08. The second kappa shape index (κ2) is 3.17. The highest BCUT2D eigenvalue weighted by atomic mass is 16.5. The number of nitrogens with two attached hydrogens (primary N) is 1. The average Bonchev–Trinajstić information content (AvgIpc) is 1.94. The third kappa shape index (κ3) is 1.45. The minimum absolute atomic E-state index is 0.201. The molecule has 1 rings (SSSR count). The van der Waals surface area contributed by atoms with Gasteiger partial charge in [-0.05, 0) is 19.1 Å². The van der Waals surface area contributed by atoms with E-state index in [0.717, 1.165) is 11.4 Å². The standard InChI is InChI=1S/C7H10N2O/c1-6-7(10-5-8)3-2-4-9-6/h2-4H,5,8H2,1H3. The molecule has 0 radical (unpaired) electrons. The van der Waals surface area contributed by atoms with Crippen molar-refractivity contribution in [3.8, 4) is 5.75 Å². The Bertz CT molecular complexity index is 213. The molecule has 54 valence electrons. The van der Waals surface area contributed by atoms with Crippen molar-refractivity contribution in [1.82, 2.24) is 4.98 Å². The number of ether oxygens (including phenoxy) is 1. The van der Waals surface area contributed by atoms with Crippen LogP contribution in [-0.4, -0.2) is 11.7 Å². The summed E-state index contributed by atoms with van der Waals surface area (Å²) in [7, 11) is 0. The van der Waals surface area contributed by atoms with Gasteiger partial charge in [0.25, 0.3) is 0 Å². The fourth-order valence-corrected chi connectivity index (χ4v) is 0.712. The van der Waals surface area contributed by atoms with Crippen molar-refractivity contribution in [2.75, 3.05) is 6.73 Å². The van der Waals surface area contributed by atoms with Crippen LogP contribution in [-0.2, 0) is 0 Å². The summed E-state index contributed by atoms with van der Waals surface area (Å²) < 4.78 is 5.05. The first-order valence-electron chi connectivity index (χ1n) is 3.09. The predicted octanol–water partition coefficient (Wildman–Crippen LogP) is 0.685. The number of hydrogen-bond donors (Lipinski definition) is 1. The molecule has 3 nitrogen and oxygen atoms in total. The van der Waals surface area contributed by atoms with Crippen LogP contribution in [0.5, 0.6) is 5.75 Å². The van der Waals surface area contributed by atoms with Crippen LogP contribution < -0.4 is 10.5 Å². The van der Waals surface area contributed by atoms with Crippen molar-refractivity contribution in [2.45, 2.75) is 6.92 Å². The zero-order valence-electron chi connectivity index (χ0n) is 5.87. The highest BCUT2D eigenvalue weighted by Crippen LogP contribution is 2.11. The first-order valence-corrected chi connectivity index (χ1v) is 3.09. The zero-order valence-corrected chi connectivity index (χ0v) is 5.87. The third-order valence-electron chi connectivity index (χ3n) is 1.20. The van der Waals surface area contributed by atoms with E-state index in [1.807, 2.05) is 19.1 Å². The molecule has 0 aliphatic heterocycles. The lowest BCUT2D eigenvalue weighted by atomic mass is 10.3. The summed E-state index contributed by atoms with van der Waals surface area (Å²) in [5, 5.41) is 0. The van der Waals surface area contributed by atoms with Crippen LogP contribution in [0.2, 0.25) is 0 Å². The van der Waals surface area contributed by atoms with Crippen LogP contribution in [0.15, 0.2) is 18.3 Å². The molecule has 1 heterocycles. The first-order chi connectivity index (χ1) is 4.84. The molecule has 0 aliphatic rings. The minimum atomic E-state index is 0.201. The monoisotopic (exact) mass is 138 g/mol. The van der Waals surface area contributed by atoms with Crippen LogP contribution in [0.1, 0.15) is 5.69 Å².